The smallest absolute Gasteiger partial charge is 0.183 e. The molecule has 4 aromatic rings. The molecule has 31 heavy (non-hydrogen) atoms. The Kier molecular flexibility index (Phi) is 6.10. The molecule has 1 aromatic heterocycles. The minimum Gasteiger partial charge on any atom is -0.396 e. The number of benzene rings is 3. The van der Waals surface area contributed by atoms with E-state index in [1.54, 1.807) is 0 Å². The third kappa shape index (κ3) is 3.82. The molecule has 4 heteroatoms. The summed E-state index contributed by atoms with van der Waals surface area (Å²) in [5.74, 6) is 0.651. The van der Waals surface area contributed by atoms with Crippen molar-refractivity contribution < 1.29 is 9.90 Å². The van der Waals surface area contributed by atoms with Crippen molar-refractivity contribution in [3.8, 4) is 0 Å². The Labute approximate surface area is 182 Å². The monoisotopic (exact) mass is 410 g/mol. The number of nitrogens with one attached hydrogen (secondary N) is 1. The van der Waals surface area contributed by atoms with Crippen LogP contribution in [0.5, 0.6) is 0 Å². The number of aryl methyl sites for hydroxylation is 1. The molecule has 0 aliphatic heterocycles. The first kappa shape index (κ1) is 20.8. The van der Waals surface area contributed by atoms with E-state index in [1.165, 1.54) is 0 Å². The van der Waals surface area contributed by atoms with Crippen LogP contribution in [-0.4, -0.2) is 27.5 Å². The summed E-state index contributed by atoms with van der Waals surface area (Å²) < 4.78 is 0. The Morgan fingerprint density at radius 2 is 1.29 bits per heavy atom. The molecule has 0 aliphatic rings. The van der Waals surface area contributed by atoms with Gasteiger partial charge in [0.2, 0.25) is 0 Å². The van der Waals surface area contributed by atoms with Crippen molar-refractivity contribution in [2.24, 2.45) is 0 Å². The zero-order valence-corrected chi connectivity index (χ0v) is 17.6. The molecule has 1 heterocycles. The van der Waals surface area contributed by atoms with Crippen LogP contribution in [0.3, 0.4) is 0 Å². The Balaban J connectivity index is 2.01. The number of rotatable bonds is 8. The Morgan fingerprint density at radius 1 is 0.839 bits per heavy atom. The number of aromatic amines is 1. The molecule has 0 aliphatic carbocycles. The average molecular weight is 411 g/mol. The van der Waals surface area contributed by atoms with Crippen LogP contribution in [0.15, 0.2) is 91.0 Å². The van der Waals surface area contributed by atoms with Gasteiger partial charge in [0.05, 0.1) is 0 Å². The highest BCUT2D eigenvalue weighted by Crippen LogP contribution is 2.44. The molecular weight excluding hydrogens is 384 g/mol. The molecule has 0 saturated carbocycles. The first-order valence-electron chi connectivity index (χ1n) is 10.6. The van der Waals surface area contributed by atoms with Gasteiger partial charge in [-0.3, -0.25) is 4.79 Å². The van der Waals surface area contributed by atoms with Crippen molar-refractivity contribution in [2.45, 2.75) is 25.2 Å². The third-order valence-electron chi connectivity index (χ3n) is 5.69. The average Bonchev–Trinajstić information content (AvgIpc) is 3.22. The van der Waals surface area contributed by atoms with Crippen LogP contribution < -0.4 is 0 Å². The van der Waals surface area contributed by atoms with Gasteiger partial charge in [0.25, 0.3) is 0 Å². The molecule has 0 saturated heterocycles. The fourth-order valence-corrected chi connectivity index (χ4v) is 4.24. The first-order chi connectivity index (χ1) is 15.2. The van der Waals surface area contributed by atoms with Crippen molar-refractivity contribution in [2.75, 3.05) is 6.61 Å². The predicted octanol–water partition coefficient (Wildman–Crippen LogP) is 5.06. The molecule has 4 nitrogen and oxygen atoms in total. The van der Waals surface area contributed by atoms with Crippen LogP contribution in [0.25, 0.3) is 0 Å². The number of hydrogen-bond acceptors (Lipinski definition) is 3. The number of hydrogen-bond donors (Lipinski definition) is 2. The zero-order valence-electron chi connectivity index (χ0n) is 17.6. The van der Waals surface area contributed by atoms with Gasteiger partial charge in [-0.1, -0.05) is 91.0 Å². The molecular formula is C27H26N2O2. The maximum atomic E-state index is 12.8. The van der Waals surface area contributed by atoms with Crippen LogP contribution in [0.1, 0.15) is 51.5 Å². The minimum atomic E-state index is -0.704. The molecule has 156 valence electrons. The lowest BCUT2D eigenvalue weighted by atomic mass is 9.69. The Bertz CT molecular complexity index is 1040. The number of nitrogens with zero attached hydrogens (tertiary/aromatic N) is 1. The summed E-state index contributed by atoms with van der Waals surface area (Å²) in [6.07, 6.45) is 0.707. The maximum Gasteiger partial charge on any atom is 0.183 e. The number of aliphatic hydroxyl groups is 1. The van der Waals surface area contributed by atoms with E-state index in [4.69, 9.17) is 10.1 Å². The van der Waals surface area contributed by atoms with Gasteiger partial charge in [-0.25, -0.2) is 4.98 Å². The Hall–Kier alpha value is -3.50. The molecule has 0 atom stereocenters. The quantitative estimate of drug-likeness (QED) is 0.315. The third-order valence-corrected chi connectivity index (χ3v) is 5.69. The summed E-state index contributed by atoms with van der Waals surface area (Å²) in [5, 5.41) is 9.13. The van der Waals surface area contributed by atoms with Gasteiger partial charge in [-0.05, 0) is 30.0 Å². The fraction of sp³-hybridized carbons (Fsp3) is 0.185. The maximum absolute atomic E-state index is 12.8. The van der Waals surface area contributed by atoms with E-state index in [1.807, 2.05) is 61.5 Å². The number of Topliss-reactive ketones (excluding diaryl/α,β-unsaturated/α-hetero) is 1. The number of H-pyrrole nitrogens is 1. The number of carbonyl (C=O) groups excluding carboxylic acids is 1. The van der Waals surface area contributed by atoms with Gasteiger partial charge < -0.3 is 10.1 Å². The van der Waals surface area contributed by atoms with Gasteiger partial charge in [0.1, 0.15) is 16.9 Å². The van der Waals surface area contributed by atoms with Crippen molar-refractivity contribution in [3.63, 3.8) is 0 Å². The molecule has 0 spiro atoms. The normalized spacial score (nSPS) is 11.4. The molecule has 3 aromatic carbocycles. The summed E-state index contributed by atoms with van der Waals surface area (Å²) in [4.78, 5) is 21.1. The second-order valence-corrected chi connectivity index (χ2v) is 7.66. The fourth-order valence-electron chi connectivity index (χ4n) is 4.24. The molecule has 0 fully saturated rings. The van der Waals surface area contributed by atoms with E-state index in [2.05, 4.69) is 41.4 Å². The second-order valence-electron chi connectivity index (χ2n) is 7.66. The zero-order chi connectivity index (χ0) is 21.7. The van der Waals surface area contributed by atoms with Gasteiger partial charge in [-0.15, -0.1) is 0 Å². The summed E-state index contributed by atoms with van der Waals surface area (Å²) in [5.41, 5.74) is 3.67. The molecule has 0 radical (unpaired) electrons. The number of carbonyl (C=O) groups is 1. The Morgan fingerprint density at radius 3 is 1.71 bits per heavy atom. The largest absolute Gasteiger partial charge is 0.396 e. The van der Waals surface area contributed by atoms with Crippen molar-refractivity contribution in [1.29, 1.82) is 0 Å². The van der Waals surface area contributed by atoms with Crippen LogP contribution in [-0.2, 0) is 5.41 Å². The van der Waals surface area contributed by atoms with E-state index >= 15 is 0 Å². The van der Waals surface area contributed by atoms with Gasteiger partial charge in [0.15, 0.2) is 5.78 Å². The molecule has 2 N–H and O–H groups in total. The van der Waals surface area contributed by atoms with Crippen LogP contribution in [0.4, 0.5) is 0 Å². The van der Waals surface area contributed by atoms with Crippen molar-refractivity contribution in [1.82, 2.24) is 9.97 Å². The summed E-state index contributed by atoms with van der Waals surface area (Å²) in [7, 11) is 0. The number of imidazole rings is 1. The number of ketones is 1. The predicted molar refractivity (Wildman–Crippen MR) is 122 cm³/mol. The van der Waals surface area contributed by atoms with E-state index < -0.39 is 5.41 Å². The van der Waals surface area contributed by atoms with Crippen LogP contribution >= 0.6 is 0 Å². The van der Waals surface area contributed by atoms with Crippen LogP contribution in [0, 0.1) is 6.92 Å². The topological polar surface area (TPSA) is 66.0 Å². The van der Waals surface area contributed by atoms with Gasteiger partial charge in [-0.2, -0.15) is 0 Å². The molecule has 0 unspecified atom stereocenters. The molecule has 0 bridgehead atoms. The number of aromatic nitrogens is 2. The lowest BCUT2D eigenvalue weighted by Crippen LogP contribution is -2.32. The standard InChI is InChI=1S/C27H26N2O2/c1-20-25(24(31)18-11-19-30)29-26(28-20)27(21-12-5-2-6-13-21,22-14-7-3-8-15-22)23-16-9-4-10-17-23/h2-10,12-17,30H,11,18-19H2,1H3,(H,28,29). The highest BCUT2D eigenvalue weighted by Gasteiger charge is 2.41. The minimum absolute atomic E-state index is 0.00987. The summed E-state index contributed by atoms with van der Waals surface area (Å²) in [6.45, 7) is 1.87. The van der Waals surface area contributed by atoms with Gasteiger partial charge in [0, 0.05) is 18.7 Å². The SMILES string of the molecule is Cc1[nH]c(C(c2ccccc2)(c2ccccc2)c2ccccc2)nc1C(=O)CCCO. The molecule has 4 rings (SSSR count). The summed E-state index contributed by atoms with van der Waals surface area (Å²) >= 11 is 0. The van der Waals surface area contributed by atoms with E-state index in [0.717, 1.165) is 22.4 Å². The first-order valence-corrected chi connectivity index (χ1v) is 10.6. The number of aliphatic hydroxyl groups excluding tert-OH is 1. The second kappa shape index (κ2) is 9.11. The lowest BCUT2D eigenvalue weighted by molar-refractivity contribution is 0.0966. The van der Waals surface area contributed by atoms with Crippen molar-refractivity contribution >= 4 is 5.78 Å². The van der Waals surface area contributed by atoms with E-state index in [0.29, 0.717) is 17.9 Å². The molecule has 0 amide bonds. The van der Waals surface area contributed by atoms with E-state index in [-0.39, 0.29) is 18.8 Å². The summed E-state index contributed by atoms with van der Waals surface area (Å²) in [6, 6.07) is 30.8. The lowest BCUT2D eigenvalue weighted by Gasteiger charge is -2.34. The van der Waals surface area contributed by atoms with Crippen molar-refractivity contribution in [3.05, 3.63) is 125 Å². The van der Waals surface area contributed by atoms with E-state index in [9.17, 15) is 4.79 Å². The highest BCUT2D eigenvalue weighted by atomic mass is 16.3. The van der Waals surface area contributed by atoms with Gasteiger partial charge >= 0.3 is 0 Å². The van der Waals surface area contributed by atoms with Crippen LogP contribution in [0.2, 0.25) is 0 Å². The highest BCUT2D eigenvalue weighted by molar-refractivity contribution is 5.95.